The van der Waals surface area contributed by atoms with E-state index in [4.69, 9.17) is 0 Å². The van der Waals surface area contributed by atoms with Gasteiger partial charge in [-0.3, -0.25) is 0 Å². The van der Waals surface area contributed by atoms with Gasteiger partial charge in [-0.2, -0.15) is 5.10 Å². The zero-order valence-corrected chi connectivity index (χ0v) is 10.6. The summed E-state index contributed by atoms with van der Waals surface area (Å²) in [7, 11) is 0. The third kappa shape index (κ3) is 1.75. The van der Waals surface area contributed by atoms with Gasteiger partial charge in [-0.1, -0.05) is 17.7 Å². The molecule has 0 N–H and O–H groups in total. The average Bonchev–Trinajstić information content (AvgIpc) is 2.43. The number of hydrogen-bond donors (Lipinski definition) is 0. The van der Waals surface area contributed by atoms with E-state index in [1.54, 1.807) is 0 Å². The Morgan fingerprint density at radius 2 is 1.44 bits per heavy atom. The highest BCUT2D eigenvalue weighted by atomic mass is 15.3. The second kappa shape index (κ2) is 3.78. The van der Waals surface area contributed by atoms with Crippen molar-refractivity contribution >= 4 is 0 Å². The number of aromatic nitrogens is 2. The van der Waals surface area contributed by atoms with Crippen LogP contribution in [0.4, 0.5) is 0 Å². The molecule has 16 heavy (non-hydrogen) atoms. The highest BCUT2D eigenvalue weighted by Gasteiger charge is 2.09. The molecule has 0 aliphatic rings. The first-order valence-electron chi connectivity index (χ1n) is 5.60. The van der Waals surface area contributed by atoms with Crippen molar-refractivity contribution in [3.05, 3.63) is 46.3 Å². The highest BCUT2D eigenvalue weighted by Crippen LogP contribution is 2.22. The van der Waals surface area contributed by atoms with E-state index in [1.807, 2.05) is 11.6 Å². The van der Waals surface area contributed by atoms with Crippen LogP contribution in [0.25, 0.3) is 5.69 Å². The second-order valence-corrected chi connectivity index (χ2v) is 4.59. The summed E-state index contributed by atoms with van der Waals surface area (Å²) in [6.07, 6.45) is 0. The highest BCUT2D eigenvalue weighted by molar-refractivity contribution is 5.49. The van der Waals surface area contributed by atoms with Gasteiger partial charge in [-0.15, -0.1) is 0 Å². The lowest BCUT2D eigenvalue weighted by Gasteiger charge is -2.12. The molecule has 1 aromatic carbocycles. The fourth-order valence-corrected chi connectivity index (χ4v) is 2.36. The molecule has 0 saturated carbocycles. The van der Waals surface area contributed by atoms with Crippen LogP contribution in [0, 0.1) is 34.6 Å². The van der Waals surface area contributed by atoms with Crippen molar-refractivity contribution in [1.29, 1.82) is 0 Å². The molecule has 2 aromatic rings. The topological polar surface area (TPSA) is 17.8 Å². The third-order valence-electron chi connectivity index (χ3n) is 2.86. The molecule has 2 rings (SSSR count). The van der Waals surface area contributed by atoms with E-state index in [0.717, 1.165) is 5.69 Å². The lowest BCUT2D eigenvalue weighted by Crippen LogP contribution is -2.04. The summed E-state index contributed by atoms with van der Waals surface area (Å²) in [5.41, 5.74) is 7.34. The molecule has 2 nitrogen and oxygen atoms in total. The Balaban J connectivity index is 2.69. The molecule has 0 spiro atoms. The van der Waals surface area contributed by atoms with Crippen LogP contribution in [0.5, 0.6) is 0 Å². The summed E-state index contributed by atoms with van der Waals surface area (Å²) in [6, 6.07) is 6.52. The fourth-order valence-electron chi connectivity index (χ4n) is 2.36. The molecule has 0 fully saturated rings. The number of aryl methyl sites for hydroxylation is 5. The van der Waals surface area contributed by atoms with Crippen LogP contribution in [0.3, 0.4) is 0 Å². The van der Waals surface area contributed by atoms with Gasteiger partial charge in [0.15, 0.2) is 0 Å². The van der Waals surface area contributed by atoms with Crippen molar-refractivity contribution in [1.82, 2.24) is 9.78 Å². The Labute approximate surface area is 96.9 Å². The lowest BCUT2D eigenvalue weighted by molar-refractivity contribution is 0.820. The Morgan fingerprint density at radius 1 is 0.875 bits per heavy atom. The van der Waals surface area contributed by atoms with Crippen LogP contribution in [-0.4, -0.2) is 9.78 Å². The first-order chi connectivity index (χ1) is 7.49. The number of hydrogen-bond acceptors (Lipinski definition) is 1. The fraction of sp³-hybridized carbons (Fsp3) is 0.357. The van der Waals surface area contributed by atoms with Gasteiger partial charge in [0.2, 0.25) is 0 Å². The van der Waals surface area contributed by atoms with Crippen LogP contribution in [-0.2, 0) is 0 Å². The van der Waals surface area contributed by atoms with Crippen molar-refractivity contribution < 1.29 is 0 Å². The summed E-state index contributed by atoms with van der Waals surface area (Å²) < 4.78 is 2.04. The molecule has 84 valence electrons. The molecular formula is C14H18N2. The molecule has 0 amide bonds. The van der Waals surface area contributed by atoms with E-state index in [-0.39, 0.29) is 0 Å². The smallest absolute Gasteiger partial charge is 0.0707 e. The molecule has 0 radical (unpaired) electrons. The number of nitrogens with zero attached hydrogens (tertiary/aromatic N) is 2. The molecular weight excluding hydrogens is 196 g/mol. The van der Waals surface area contributed by atoms with Gasteiger partial charge in [0.1, 0.15) is 0 Å². The van der Waals surface area contributed by atoms with Crippen LogP contribution in [0.15, 0.2) is 18.2 Å². The molecule has 0 aliphatic carbocycles. The zero-order valence-electron chi connectivity index (χ0n) is 10.6. The van der Waals surface area contributed by atoms with Gasteiger partial charge in [0.25, 0.3) is 0 Å². The van der Waals surface area contributed by atoms with Crippen LogP contribution in [0.1, 0.15) is 28.1 Å². The molecule has 0 bridgehead atoms. The maximum absolute atomic E-state index is 4.55. The van der Waals surface area contributed by atoms with Gasteiger partial charge >= 0.3 is 0 Å². The predicted octanol–water partition coefficient (Wildman–Crippen LogP) is 3.41. The van der Waals surface area contributed by atoms with E-state index in [1.165, 1.54) is 28.1 Å². The van der Waals surface area contributed by atoms with Gasteiger partial charge in [-0.25, -0.2) is 4.68 Å². The Morgan fingerprint density at radius 3 is 1.88 bits per heavy atom. The lowest BCUT2D eigenvalue weighted by atomic mass is 10.1. The van der Waals surface area contributed by atoms with E-state index in [9.17, 15) is 0 Å². The quantitative estimate of drug-likeness (QED) is 0.711. The zero-order chi connectivity index (χ0) is 11.9. The van der Waals surface area contributed by atoms with Gasteiger partial charge in [0.05, 0.1) is 11.4 Å². The van der Waals surface area contributed by atoms with Gasteiger partial charge < -0.3 is 0 Å². The minimum absolute atomic E-state index is 1.07. The summed E-state index contributed by atoms with van der Waals surface area (Å²) >= 11 is 0. The van der Waals surface area contributed by atoms with Gasteiger partial charge in [0, 0.05) is 5.69 Å². The Kier molecular flexibility index (Phi) is 2.58. The second-order valence-electron chi connectivity index (χ2n) is 4.59. The first-order valence-corrected chi connectivity index (χ1v) is 5.60. The number of benzene rings is 1. The molecule has 2 heteroatoms. The maximum Gasteiger partial charge on any atom is 0.0707 e. The molecule has 1 aromatic heterocycles. The summed E-state index contributed by atoms with van der Waals surface area (Å²) in [4.78, 5) is 0. The third-order valence-corrected chi connectivity index (χ3v) is 2.86. The van der Waals surface area contributed by atoms with Crippen molar-refractivity contribution in [2.45, 2.75) is 34.6 Å². The Bertz CT molecular complexity index is 513. The number of rotatable bonds is 1. The van der Waals surface area contributed by atoms with Crippen molar-refractivity contribution in [3.63, 3.8) is 0 Å². The van der Waals surface area contributed by atoms with Crippen LogP contribution >= 0.6 is 0 Å². The monoisotopic (exact) mass is 214 g/mol. The summed E-state index contributed by atoms with van der Waals surface area (Å²) in [5.74, 6) is 0. The minimum atomic E-state index is 1.07. The minimum Gasteiger partial charge on any atom is -0.237 e. The average molecular weight is 214 g/mol. The van der Waals surface area contributed by atoms with Crippen molar-refractivity contribution in [2.24, 2.45) is 0 Å². The molecule has 0 saturated heterocycles. The van der Waals surface area contributed by atoms with E-state index >= 15 is 0 Å². The van der Waals surface area contributed by atoms with Crippen molar-refractivity contribution in [3.8, 4) is 5.69 Å². The van der Waals surface area contributed by atoms with E-state index < -0.39 is 0 Å². The normalized spacial score (nSPS) is 10.8. The largest absolute Gasteiger partial charge is 0.237 e. The first kappa shape index (κ1) is 10.9. The molecule has 0 unspecified atom stereocenters. The molecule has 1 heterocycles. The molecule has 0 atom stereocenters. The van der Waals surface area contributed by atoms with E-state index in [2.05, 4.69) is 51.0 Å². The summed E-state index contributed by atoms with van der Waals surface area (Å²) in [6.45, 7) is 10.5. The predicted molar refractivity (Wildman–Crippen MR) is 67.2 cm³/mol. The van der Waals surface area contributed by atoms with Crippen LogP contribution < -0.4 is 0 Å². The maximum atomic E-state index is 4.55. The Hall–Kier alpha value is -1.57. The van der Waals surface area contributed by atoms with Crippen molar-refractivity contribution in [2.75, 3.05) is 0 Å². The summed E-state index contributed by atoms with van der Waals surface area (Å²) in [5, 5.41) is 4.55. The SMILES string of the molecule is Cc1cc(C)c(-n2nc(C)cc2C)c(C)c1. The molecule has 0 aliphatic heterocycles. The van der Waals surface area contributed by atoms with Gasteiger partial charge in [-0.05, 0) is 51.8 Å². The van der Waals surface area contributed by atoms with E-state index in [0.29, 0.717) is 0 Å². The van der Waals surface area contributed by atoms with Crippen LogP contribution in [0.2, 0.25) is 0 Å². The standard InChI is InChI=1S/C14H18N2/c1-9-6-10(2)14(11(3)7-9)16-13(5)8-12(4)15-16/h6-8H,1-5H3.